The number of nitrogens with two attached hydrogens (primary N) is 1. The summed E-state index contributed by atoms with van der Waals surface area (Å²) in [6.45, 7) is 2.89. The van der Waals surface area contributed by atoms with Crippen molar-refractivity contribution in [2.24, 2.45) is 5.73 Å². The van der Waals surface area contributed by atoms with Crippen LogP contribution in [0.4, 0.5) is 8.78 Å². The number of carbonyl (C=O) groups is 1. The van der Waals surface area contributed by atoms with Crippen LogP contribution in [0.3, 0.4) is 0 Å². The zero-order chi connectivity index (χ0) is 13.7. The van der Waals surface area contributed by atoms with Crippen molar-refractivity contribution in [1.29, 1.82) is 0 Å². The molecule has 0 spiro atoms. The number of rotatable bonds is 5. The Morgan fingerprint density at radius 2 is 2.11 bits per heavy atom. The minimum absolute atomic E-state index is 0.0873. The summed E-state index contributed by atoms with van der Waals surface area (Å²) in [4.78, 5) is 13.1. The SMILES string of the molecule is Cc1cc(C(=O)N(CCN)CC(F)F)c(C)nn1. The summed E-state index contributed by atoms with van der Waals surface area (Å²) in [5.74, 6) is -0.490. The van der Waals surface area contributed by atoms with Gasteiger partial charge in [-0.3, -0.25) is 4.79 Å². The summed E-state index contributed by atoms with van der Waals surface area (Å²) in [6, 6.07) is 1.54. The summed E-state index contributed by atoms with van der Waals surface area (Å²) >= 11 is 0. The summed E-state index contributed by atoms with van der Waals surface area (Å²) < 4.78 is 24.8. The monoisotopic (exact) mass is 258 g/mol. The Labute approximate surface area is 104 Å². The zero-order valence-electron chi connectivity index (χ0n) is 10.4. The molecule has 1 heterocycles. The van der Waals surface area contributed by atoms with Crippen molar-refractivity contribution in [3.05, 3.63) is 23.0 Å². The van der Waals surface area contributed by atoms with E-state index in [9.17, 15) is 13.6 Å². The van der Waals surface area contributed by atoms with E-state index in [1.165, 1.54) is 0 Å². The molecule has 1 amide bonds. The highest BCUT2D eigenvalue weighted by atomic mass is 19.3. The van der Waals surface area contributed by atoms with Crippen molar-refractivity contribution >= 4 is 5.91 Å². The molecule has 0 aliphatic heterocycles. The fraction of sp³-hybridized carbons (Fsp3) is 0.545. The minimum Gasteiger partial charge on any atom is -0.332 e. The molecule has 0 bridgehead atoms. The van der Waals surface area contributed by atoms with E-state index in [1.54, 1.807) is 19.9 Å². The summed E-state index contributed by atoms with van der Waals surface area (Å²) in [5.41, 5.74) is 6.59. The smallest absolute Gasteiger partial charge is 0.256 e. The van der Waals surface area contributed by atoms with E-state index < -0.39 is 18.9 Å². The lowest BCUT2D eigenvalue weighted by molar-refractivity contribution is 0.0561. The molecule has 0 aliphatic carbocycles. The molecule has 5 nitrogen and oxygen atoms in total. The summed E-state index contributed by atoms with van der Waals surface area (Å²) in [7, 11) is 0. The average Bonchev–Trinajstić information content (AvgIpc) is 2.30. The van der Waals surface area contributed by atoms with Crippen LogP contribution in [-0.2, 0) is 0 Å². The van der Waals surface area contributed by atoms with E-state index >= 15 is 0 Å². The van der Waals surface area contributed by atoms with Crippen LogP contribution < -0.4 is 5.73 Å². The lowest BCUT2D eigenvalue weighted by Crippen LogP contribution is -2.39. The van der Waals surface area contributed by atoms with Crippen LogP contribution in [-0.4, -0.2) is 47.1 Å². The van der Waals surface area contributed by atoms with Crippen LogP contribution in [0.5, 0.6) is 0 Å². The topological polar surface area (TPSA) is 72.1 Å². The van der Waals surface area contributed by atoms with Gasteiger partial charge in [0.05, 0.1) is 23.5 Å². The maximum atomic E-state index is 12.4. The van der Waals surface area contributed by atoms with Crippen molar-refractivity contribution in [1.82, 2.24) is 15.1 Å². The second kappa shape index (κ2) is 6.34. The van der Waals surface area contributed by atoms with Gasteiger partial charge in [-0.05, 0) is 19.9 Å². The molecule has 0 aliphatic rings. The predicted molar refractivity (Wildman–Crippen MR) is 62.5 cm³/mol. The first kappa shape index (κ1) is 14.4. The third-order valence-electron chi connectivity index (χ3n) is 2.38. The number of carbonyl (C=O) groups excluding carboxylic acids is 1. The molecule has 7 heteroatoms. The largest absolute Gasteiger partial charge is 0.332 e. The van der Waals surface area contributed by atoms with Crippen molar-refractivity contribution in [3.8, 4) is 0 Å². The first-order chi connectivity index (χ1) is 8.45. The Balaban J connectivity index is 2.97. The number of amides is 1. The Kier molecular flexibility index (Phi) is 5.08. The number of aromatic nitrogens is 2. The number of hydrogen-bond donors (Lipinski definition) is 1. The third-order valence-corrected chi connectivity index (χ3v) is 2.38. The molecule has 100 valence electrons. The van der Waals surface area contributed by atoms with Gasteiger partial charge in [-0.15, -0.1) is 0 Å². The fourth-order valence-electron chi connectivity index (χ4n) is 1.53. The highest BCUT2D eigenvalue weighted by molar-refractivity contribution is 5.95. The third kappa shape index (κ3) is 3.69. The van der Waals surface area contributed by atoms with Crippen LogP contribution in [0.25, 0.3) is 0 Å². The molecule has 2 N–H and O–H groups in total. The summed E-state index contributed by atoms with van der Waals surface area (Å²) in [6.07, 6.45) is -2.59. The van der Waals surface area contributed by atoms with Crippen LogP contribution in [0, 0.1) is 13.8 Å². The minimum atomic E-state index is -2.59. The van der Waals surface area contributed by atoms with Gasteiger partial charge in [-0.1, -0.05) is 0 Å². The molecule has 1 aromatic heterocycles. The van der Waals surface area contributed by atoms with Gasteiger partial charge in [0.15, 0.2) is 0 Å². The quantitative estimate of drug-likeness (QED) is 0.846. The lowest BCUT2D eigenvalue weighted by Gasteiger charge is -2.22. The highest BCUT2D eigenvalue weighted by Crippen LogP contribution is 2.10. The summed E-state index contributed by atoms with van der Waals surface area (Å²) in [5, 5.41) is 7.60. The standard InChI is InChI=1S/C11H16F2N4O/c1-7-5-9(8(2)16-15-7)11(18)17(4-3-14)6-10(12)13/h5,10H,3-4,6,14H2,1-2H3. The van der Waals surface area contributed by atoms with Crippen molar-refractivity contribution in [2.75, 3.05) is 19.6 Å². The van der Waals surface area contributed by atoms with E-state index in [0.717, 1.165) is 4.90 Å². The molecule has 0 saturated heterocycles. The Morgan fingerprint density at radius 3 is 2.67 bits per heavy atom. The zero-order valence-corrected chi connectivity index (χ0v) is 10.4. The fourth-order valence-corrected chi connectivity index (χ4v) is 1.53. The van der Waals surface area contributed by atoms with Crippen LogP contribution in [0.2, 0.25) is 0 Å². The number of alkyl halides is 2. The number of halogens is 2. The molecule has 0 saturated carbocycles. The first-order valence-electron chi connectivity index (χ1n) is 5.54. The molecule has 0 aromatic carbocycles. The lowest BCUT2D eigenvalue weighted by atomic mass is 10.1. The Bertz CT molecular complexity index is 426. The van der Waals surface area contributed by atoms with Gasteiger partial charge < -0.3 is 10.6 Å². The van der Waals surface area contributed by atoms with Crippen molar-refractivity contribution < 1.29 is 13.6 Å². The molecule has 0 atom stereocenters. The van der Waals surface area contributed by atoms with E-state index in [-0.39, 0.29) is 18.7 Å². The second-order valence-electron chi connectivity index (χ2n) is 3.92. The van der Waals surface area contributed by atoms with Crippen LogP contribution in [0.1, 0.15) is 21.7 Å². The molecular weight excluding hydrogens is 242 g/mol. The van der Waals surface area contributed by atoms with Gasteiger partial charge in [0.1, 0.15) is 0 Å². The van der Waals surface area contributed by atoms with Gasteiger partial charge in [-0.2, -0.15) is 10.2 Å². The number of nitrogens with zero attached hydrogens (tertiary/aromatic N) is 3. The van der Waals surface area contributed by atoms with E-state index in [2.05, 4.69) is 10.2 Å². The molecular formula is C11H16F2N4O. The van der Waals surface area contributed by atoms with E-state index in [0.29, 0.717) is 11.4 Å². The van der Waals surface area contributed by atoms with E-state index in [4.69, 9.17) is 5.73 Å². The molecule has 1 rings (SSSR count). The second-order valence-corrected chi connectivity index (χ2v) is 3.92. The van der Waals surface area contributed by atoms with Gasteiger partial charge in [0, 0.05) is 13.1 Å². The molecule has 0 radical (unpaired) electrons. The molecule has 1 aromatic rings. The number of hydrogen-bond acceptors (Lipinski definition) is 4. The van der Waals surface area contributed by atoms with Crippen molar-refractivity contribution in [3.63, 3.8) is 0 Å². The van der Waals surface area contributed by atoms with Crippen LogP contribution in [0.15, 0.2) is 6.07 Å². The van der Waals surface area contributed by atoms with Crippen molar-refractivity contribution in [2.45, 2.75) is 20.3 Å². The van der Waals surface area contributed by atoms with Crippen LogP contribution >= 0.6 is 0 Å². The Morgan fingerprint density at radius 1 is 1.44 bits per heavy atom. The molecule has 18 heavy (non-hydrogen) atoms. The first-order valence-corrected chi connectivity index (χ1v) is 5.54. The Hall–Kier alpha value is -1.63. The number of aryl methyl sites for hydroxylation is 2. The van der Waals surface area contributed by atoms with Gasteiger partial charge in [-0.25, -0.2) is 8.78 Å². The molecule has 0 fully saturated rings. The normalized spacial score (nSPS) is 10.8. The van der Waals surface area contributed by atoms with Gasteiger partial charge in [0.25, 0.3) is 12.3 Å². The highest BCUT2D eigenvalue weighted by Gasteiger charge is 2.21. The van der Waals surface area contributed by atoms with E-state index in [1.807, 2.05) is 0 Å². The average molecular weight is 258 g/mol. The maximum Gasteiger partial charge on any atom is 0.256 e. The maximum absolute atomic E-state index is 12.4. The predicted octanol–water partition coefficient (Wildman–Crippen LogP) is 0.759. The van der Waals surface area contributed by atoms with Gasteiger partial charge >= 0.3 is 0 Å². The van der Waals surface area contributed by atoms with Gasteiger partial charge in [0.2, 0.25) is 0 Å². The molecule has 0 unspecified atom stereocenters.